The minimum Gasteiger partial charge on any atom is -0.462 e. The highest BCUT2D eigenvalue weighted by Gasteiger charge is 2.46. The van der Waals surface area contributed by atoms with Crippen molar-refractivity contribution >= 4 is 11.8 Å². The van der Waals surface area contributed by atoms with Crippen LogP contribution in [0.2, 0.25) is 0 Å². The van der Waals surface area contributed by atoms with Gasteiger partial charge in [-0.15, -0.1) is 0 Å². The molecule has 5 atom stereocenters. The maximum Gasteiger partial charge on any atom is 0.309 e. The van der Waals surface area contributed by atoms with Gasteiger partial charge in [-0.05, 0) is 19.8 Å². The van der Waals surface area contributed by atoms with Gasteiger partial charge in [-0.3, -0.25) is 9.59 Å². The van der Waals surface area contributed by atoms with E-state index in [0.717, 1.165) is 5.57 Å². The summed E-state index contributed by atoms with van der Waals surface area (Å²) in [5.41, 5.74) is 1.00. The van der Waals surface area contributed by atoms with E-state index >= 15 is 0 Å². The van der Waals surface area contributed by atoms with Crippen LogP contribution in [0.1, 0.15) is 40.0 Å². The van der Waals surface area contributed by atoms with Crippen molar-refractivity contribution in [1.82, 2.24) is 0 Å². The number of hydrogen-bond donors (Lipinski definition) is 1. The minimum absolute atomic E-state index is 0.139. The number of rotatable bonds is 0. The molecule has 4 heteroatoms. The van der Waals surface area contributed by atoms with Crippen molar-refractivity contribution in [1.29, 1.82) is 0 Å². The second-order valence-electron chi connectivity index (χ2n) is 5.97. The lowest BCUT2D eigenvalue weighted by atomic mass is 9.79. The average Bonchev–Trinajstić information content (AvgIpc) is 2.60. The van der Waals surface area contributed by atoms with Gasteiger partial charge in [0.15, 0.2) is 0 Å². The summed E-state index contributed by atoms with van der Waals surface area (Å²) >= 11 is 0. The predicted octanol–water partition coefficient (Wildman–Crippen LogP) is 1.86. The number of carbonyl (C=O) groups excluding carboxylic acids is 2. The summed E-state index contributed by atoms with van der Waals surface area (Å²) < 4.78 is 5.36. The van der Waals surface area contributed by atoms with Crippen molar-refractivity contribution in [3.05, 3.63) is 11.6 Å². The van der Waals surface area contributed by atoms with Crippen LogP contribution < -0.4 is 0 Å². The van der Waals surface area contributed by atoms with E-state index in [1.165, 1.54) is 0 Å². The van der Waals surface area contributed by atoms with Crippen LogP contribution in [0.3, 0.4) is 0 Å². The Morgan fingerprint density at radius 1 is 1.32 bits per heavy atom. The van der Waals surface area contributed by atoms with E-state index in [4.69, 9.17) is 4.74 Å². The molecule has 1 N–H and O–H groups in total. The largest absolute Gasteiger partial charge is 0.462 e. The molecular formula is C15H22O4. The Balaban J connectivity index is 2.28. The van der Waals surface area contributed by atoms with Gasteiger partial charge in [-0.25, -0.2) is 0 Å². The number of hydrogen-bond acceptors (Lipinski definition) is 4. The second kappa shape index (κ2) is 5.45. The second-order valence-corrected chi connectivity index (χ2v) is 5.97. The molecule has 106 valence electrons. The molecule has 2 rings (SSSR count). The fourth-order valence-corrected chi connectivity index (χ4v) is 3.11. The van der Waals surface area contributed by atoms with Crippen LogP contribution in [0.4, 0.5) is 0 Å². The summed E-state index contributed by atoms with van der Waals surface area (Å²) in [6, 6.07) is 0. The molecular weight excluding hydrogens is 244 g/mol. The van der Waals surface area contributed by atoms with Crippen LogP contribution in [-0.2, 0) is 14.3 Å². The predicted molar refractivity (Wildman–Crippen MR) is 70.3 cm³/mol. The molecule has 0 aromatic carbocycles. The summed E-state index contributed by atoms with van der Waals surface area (Å²) in [5, 5.41) is 10.4. The fourth-order valence-electron chi connectivity index (χ4n) is 3.11. The molecule has 1 fully saturated rings. The number of ketones is 1. The SMILES string of the molecule is CC1=CCC(=O)C(C)CC2OC(=O)C(C)C2C(O)C1. The van der Waals surface area contributed by atoms with Crippen molar-refractivity contribution in [3.63, 3.8) is 0 Å². The maximum atomic E-state index is 12.0. The smallest absolute Gasteiger partial charge is 0.309 e. The number of aliphatic hydroxyl groups is 1. The zero-order valence-corrected chi connectivity index (χ0v) is 11.8. The van der Waals surface area contributed by atoms with Gasteiger partial charge in [0, 0.05) is 18.3 Å². The number of allylic oxidation sites excluding steroid dienone is 1. The van der Waals surface area contributed by atoms with Gasteiger partial charge in [0.1, 0.15) is 11.9 Å². The number of fused-ring (bicyclic) bond motifs is 1. The molecule has 0 bridgehead atoms. The highest BCUT2D eigenvalue weighted by Crippen LogP contribution is 2.37. The van der Waals surface area contributed by atoms with Crippen LogP contribution >= 0.6 is 0 Å². The summed E-state index contributed by atoms with van der Waals surface area (Å²) in [6.45, 7) is 5.58. The van der Waals surface area contributed by atoms with Crippen LogP contribution in [0, 0.1) is 17.8 Å². The lowest BCUT2D eigenvalue weighted by Gasteiger charge is -2.27. The van der Waals surface area contributed by atoms with Crippen molar-refractivity contribution in [2.45, 2.75) is 52.2 Å². The van der Waals surface area contributed by atoms with Gasteiger partial charge >= 0.3 is 5.97 Å². The molecule has 19 heavy (non-hydrogen) atoms. The molecule has 1 aliphatic carbocycles. The molecule has 1 aliphatic heterocycles. The Bertz CT molecular complexity index is 412. The van der Waals surface area contributed by atoms with Gasteiger partial charge in [0.25, 0.3) is 0 Å². The van der Waals surface area contributed by atoms with Crippen LogP contribution in [0.15, 0.2) is 11.6 Å². The van der Waals surface area contributed by atoms with Crippen molar-refractivity contribution < 1.29 is 19.4 Å². The van der Waals surface area contributed by atoms with E-state index in [1.54, 1.807) is 6.92 Å². The summed E-state index contributed by atoms with van der Waals surface area (Å²) in [5.74, 6) is -0.724. The third-order valence-corrected chi connectivity index (χ3v) is 4.41. The Hall–Kier alpha value is -1.16. The third kappa shape index (κ3) is 2.89. The molecule has 4 nitrogen and oxygen atoms in total. The summed E-state index contributed by atoms with van der Waals surface area (Å²) in [6.07, 6.45) is 2.41. The molecule has 2 aliphatic rings. The van der Waals surface area contributed by atoms with E-state index in [0.29, 0.717) is 19.3 Å². The Morgan fingerprint density at radius 3 is 2.68 bits per heavy atom. The van der Waals surface area contributed by atoms with E-state index in [9.17, 15) is 14.7 Å². The first-order valence-electron chi connectivity index (χ1n) is 6.97. The molecule has 0 aromatic heterocycles. The quantitative estimate of drug-likeness (QED) is 0.537. The van der Waals surface area contributed by atoms with Crippen LogP contribution in [0.25, 0.3) is 0 Å². The van der Waals surface area contributed by atoms with Crippen molar-refractivity contribution in [3.8, 4) is 0 Å². The molecule has 5 unspecified atom stereocenters. The van der Waals surface area contributed by atoms with Crippen molar-refractivity contribution in [2.24, 2.45) is 17.8 Å². The van der Waals surface area contributed by atoms with Gasteiger partial charge in [0.05, 0.1) is 12.0 Å². The Morgan fingerprint density at radius 2 is 2.00 bits per heavy atom. The number of Topliss-reactive ketones (excluding diaryl/α,β-unsaturated/α-hetero) is 1. The van der Waals surface area contributed by atoms with Gasteiger partial charge in [0.2, 0.25) is 0 Å². The number of carbonyl (C=O) groups is 2. The normalized spacial score (nSPS) is 40.4. The van der Waals surface area contributed by atoms with E-state index < -0.39 is 6.10 Å². The summed E-state index contributed by atoms with van der Waals surface area (Å²) in [7, 11) is 0. The lowest BCUT2D eigenvalue weighted by Crippen LogP contribution is -2.34. The number of aliphatic hydroxyl groups excluding tert-OH is 1. The molecule has 0 saturated carbocycles. The first-order valence-corrected chi connectivity index (χ1v) is 6.97. The standard InChI is InChI=1S/C15H22O4/c1-8-4-5-11(16)9(2)7-13-14(12(17)6-8)10(3)15(18)19-13/h4,9-10,12-14,17H,5-7H2,1-3H3. The molecule has 0 radical (unpaired) electrons. The number of esters is 1. The molecule has 0 aromatic rings. The van der Waals surface area contributed by atoms with Crippen LogP contribution in [-0.4, -0.2) is 29.1 Å². The monoisotopic (exact) mass is 266 g/mol. The van der Waals surface area contributed by atoms with Gasteiger partial charge in [-0.2, -0.15) is 0 Å². The van der Waals surface area contributed by atoms with Crippen molar-refractivity contribution in [2.75, 3.05) is 0 Å². The van der Waals surface area contributed by atoms with Crippen LogP contribution in [0.5, 0.6) is 0 Å². The van der Waals surface area contributed by atoms with Gasteiger partial charge in [-0.1, -0.05) is 25.5 Å². The average molecular weight is 266 g/mol. The molecule has 0 spiro atoms. The summed E-state index contributed by atoms with van der Waals surface area (Å²) in [4.78, 5) is 23.7. The fraction of sp³-hybridized carbons (Fsp3) is 0.733. The first kappa shape index (κ1) is 14.3. The lowest BCUT2D eigenvalue weighted by molar-refractivity contribution is -0.145. The maximum absolute atomic E-state index is 12.0. The van der Waals surface area contributed by atoms with E-state index in [1.807, 2.05) is 19.9 Å². The Kier molecular flexibility index (Phi) is 4.09. The first-order chi connectivity index (χ1) is 8.90. The van der Waals surface area contributed by atoms with Gasteiger partial charge < -0.3 is 9.84 Å². The topological polar surface area (TPSA) is 63.6 Å². The molecule has 1 saturated heterocycles. The van der Waals surface area contributed by atoms with E-state index in [-0.39, 0.29) is 35.6 Å². The highest BCUT2D eigenvalue weighted by molar-refractivity contribution is 5.82. The van der Waals surface area contributed by atoms with E-state index in [2.05, 4.69) is 0 Å². The minimum atomic E-state index is -0.580. The zero-order valence-electron chi connectivity index (χ0n) is 11.8. The Labute approximate surface area is 113 Å². The molecule has 1 heterocycles. The third-order valence-electron chi connectivity index (χ3n) is 4.41. The zero-order chi connectivity index (χ0) is 14.2. The molecule has 0 amide bonds. The number of ether oxygens (including phenoxy) is 1. The highest BCUT2D eigenvalue weighted by atomic mass is 16.6.